The van der Waals surface area contributed by atoms with E-state index in [1.165, 1.54) is 26.1 Å². The Balaban J connectivity index is 2.33. The second kappa shape index (κ2) is 8.03. The maximum atomic E-state index is 5.71. The van der Waals surface area contributed by atoms with E-state index in [4.69, 9.17) is 10.5 Å². The summed E-state index contributed by atoms with van der Waals surface area (Å²) >= 11 is 0. The molecule has 1 saturated heterocycles. The van der Waals surface area contributed by atoms with Gasteiger partial charge in [-0.3, -0.25) is 4.90 Å². The Kier molecular flexibility index (Phi) is 7.04. The zero-order valence-electron chi connectivity index (χ0n) is 11.7. The molecule has 17 heavy (non-hydrogen) atoms. The highest BCUT2D eigenvalue weighted by Gasteiger charge is 2.20. The van der Waals surface area contributed by atoms with E-state index in [1.54, 1.807) is 0 Å². The Morgan fingerprint density at radius 1 is 1.41 bits per heavy atom. The number of likely N-dealkylation sites (N-methyl/N-ethyl adjacent to an activating group) is 1. The van der Waals surface area contributed by atoms with Crippen LogP contribution in [0.1, 0.15) is 26.7 Å². The SMILES string of the molecule is CCOC(CN)CCN1CCCN(C)CC1C. The van der Waals surface area contributed by atoms with E-state index in [9.17, 15) is 0 Å². The minimum absolute atomic E-state index is 0.230. The van der Waals surface area contributed by atoms with Crippen LogP contribution in [0.5, 0.6) is 0 Å². The fourth-order valence-electron chi connectivity index (χ4n) is 2.57. The van der Waals surface area contributed by atoms with E-state index in [1.807, 2.05) is 6.92 Å². The van der Waals surface area contributed by atoms with Crippen molar-refractivity contribution < 1.29 is 4.74 Å². The highest BCUT2D eigenvalue weighted by molar-refractivity contribution is 4.76. The minimum atomic E-state index is 0.230. The van der Waals surface area contributed by atoms with Crippen molar-refractivity contribution in [2.45, 2.75) is 38.8 Å². The Morgan fingerprint density at radius 3 is 2.82 bits per heavy atom. The van der Waals surface area contributed by atoms with E-state index >= 15 is 0 Å². The van der Waals surface area contributed by atoms with Crippen LogP contribution in [0.2, 0.25) is 0 Å². The van der Waals surface area contributed by atoms with Crippen molar-refractivity contribution in [1.29, 1.82) is 0 Å². The van der Waals surface area contributed by atoms with Gasteiger partial charge in [0.05, 0.1) is 6.10 Å². The third-order valence-corrected chi connectivity index (χ3v) is 3.59. The van der Waals surface area contributed by atoms with E-state index in [2.05, 4.69) is 23.8 Å². The zero-order valence-corrected chi connectivity index (χ0v) is 11.7. The summed E-state index contributed by atoms with van der Waals surface area (Å²) in [5, 5.41) is 0. The van der Waals surface area contributed by atoms with E-state index in [0.717, 1.165) is 19.6 Å². The molecular formula is C13H29N3O. The van der Waals surface area contributed by atoms with Crippen LogP contribution in [0.15, 0.2) is 0 Å². The van der Waals surface area contributed by atoms with Gasteiger partial charge in [-0.2, -0.15) is 0 Å². The van der Waals surface area contributed by atoms with Gasteiger partial charge in [-0.05, 0) is 46.8 Å². The fourth-order valence-corrected chi connectivity index (χ4v) is 2.57. The topological polar surface area (TPSA) is 41.7 Å². The van der Waals surface area contributed by atoms with Crippen molar-refractivity contribution in [3.63, 3.8) is 0 Å². The average molecular weight is 243 g/mol. The first-order chi connectivity index (χ1) is 8.17. The maximum Gasteiger partial charge on any atom is 0.0709 e. The molecule has 0 aromatic rings. The van der Waals surface area contributed by atoms with Crippen LogP contribution in [0.4, 0.5) is 0 Å². The number of nitrogens with two attached hydrogens (primary N) is 1. The fraction of sp³-hybridized carbons (Fsp3) is 1.00. The quantitative estimate of drug-likeness (QED) is 0.748. The van der Waals surface area contributed by atoms with Crippen molar-refractivity contribution in [2.24, 2.45) is 5.73 Å². The van der Waals surface area contributed by atoms with Crippen molar-refractivity contribution in [3.8, 4) is 0 Å². The summed E-state index contributed by atoms with van der Waals surface area (Å²) in [5.41, 5.74) is 5.71. The third-order valence-electron chi connectivity index (χ3n) is 3.59. The normalized spacial score (nSPS) is 25.8. The lowest BCUT2D eigenvalue weighted by molar-refractivity contribution is 0.0507. The van der Waals surface area contributed by atoms with Crippen LogP contribution in [0.3, 0.4) is 0 Å². The molecule has 1 rings (SSSR count). The molecule has 2 unspecified atom stereocenters. The highest BCUT2D eigenvalue weighted by Crippen LogP contribution is 2.10. The molecule has 102 valence electrons. The molecule has 0 bridgehead atoms. The summed E-state index contributed by atoms with van der Waals surface area (Å²) in [6.45, 7) is 10.4. The van der Waals surface area contributed by atoms with Crippen molar-refractivity contribution in [1.82, 2.24) is 9.80 Å². The highest BCUT2D eigenvalue weighted by atomic mass is 16.5. The summed E-state index contributed by atoms with van der Waals surface area (Å²) in [4.78, 5) is 5.00. The number of ether oxygens (including phenoxy) is 1. The van der Waals surface area contributed by atoms with Crippen LogP contribution in [-0.4, -0.2) is 68.3 Å². The van der Waals surface area contributed by atoms with Gasteiger partial charge in [0.25, 0.3) is 0 Å². The standard InChI is InChI=1S/C13H29N3O/c1-4-17-13(10-14)6-9-16-8-5-7-15(3)11-12(16)2/h12-13H,4-11,14H2,1-3H3. The Bertz CT molecular complexity index is 201. The number of nitrogens with zero attached hydrogens (tertiary/aromatic N) is 2. The first-order valence-corrected chi connectivity index (χ1v) is 6.91. The lowest BCUT2D eigenvalue weighted by Crippen LogP contribution is -2.40. The average Bonchev–Trinajstić information content (AvgIpc) is 2.46. The van der Waals surface area contributed by atoms with Crippen molar-refractivity contribution >= 4 is 0 Å². The molecule has 0 amide bonds. The predicted molar refractivity (Wildman–Crippen MR) is 72.2 cm³/mol. The maximum absolute atomic E-state index is 5.71. The smallest absolute Gasteiger partial charge is 0.0709 e. The lowest BCUT2D eigenvalue weighted by Gasteiger charge is -2.29. The number of hydrogen-bond acceptors (Lipinski definition) is 4. The van der Waals surface area contributed by atoms with Crippen LogP contribution in [-0.2, 0) is 4.74 Å². The van der Waals surface area contributed by atoms with Gasteiger partial charge >= 0.3 is 0 Å². The molecule has 1 heterocycles. The van der Waals surface area contributed by atoms with Gasteiger partial charge in [-0.1, -0.05) is 0 Å². The molecule has 0 saturated carbocycles. The molecular weight excluding hydrogens is 214 g/mol. The molecule has 4 heteroatoms. The van der Waals surface area contributed by atoms with Gasteiger partial charge in [0.15, 0.2) is 0 Å². The zero-order chi connectivity index (χ0) is 12.7. The van der Waals surface area contributed by atoms with Gasteiger partial charge in [-0.15, -0.1) is 0 Å². The first kappa shape index (κ1) is 14.9. The van der Waals surface area contributed by atoms with Crippen LogP contribution in [0.25, 0.3) is 0 Å². The molecule has 4 nitrogen and oxygen atoms in total. The van der Waals surface area contributed by atoms with Gasteiger partial charge in [-0.25, -0.2) is 0 Å². The molecule has 0 aromatic heterocycles. The molecule has 1 aliphatic rings. The van der Waals surface area contributed by atoms with Crippen molar-refractivity contribution in [2.75, 3.05) is 46.4 Å². The Morgan fingerprint density at radius 2 is 2.18 bits per heavy atom. The molecule has 0 aliphatic carbocycles. The monoisotopic (exact) mass is 243 g/mol. The molecule has 2 N–H and O–H groups in total. The van der Waals surface area contributed by atoms with Gasteiger partial charge in [0.1, 0.15) is 0 Å². The summed E-state index contributed by atoms with van der Waals surface area (Å²) in [6.07, 6.45) is 2.55. The second-order valence-electron chi connectivity index (χ2n) is 5.10. The summed E-state index contributed by atoms with van der Waals surface area (Å²) < 4.78 is 5.61. The predicted octanol–water partition coefficient (Wildman–Crippen LogP) is 0.766. The largest absolute Gasteiger partial charge is 0.377 e. The Labute approximate surface area is 106 Å². The molecule has 0 spiro atoms. The van der Waals surface area contributed by atoms with Gasteiger partial charge < -0.3 is 15.4 Å². The van der Waals surface area contributed by atoms with Crippen LogP contribution < -0.4 is 5.73 Å². The summed E-state index contributed by atoms with van der Waals surface area (Å²) in [6, 6.07) is 0.641. The molecule has 1 aliphatic heterocycles. The summed E-state index contributed by atoms with van der Waals surface area (Å²) in [7, 11) is 2.21. The number of rotatable bonds is 6. The molecule has 0 aromatic carbocycles. The first-order valence-electron chi connectivity index (χ1n) is 6.91. The van der Waals surface area contributed by atoms with E-state index in [-0.39, 0.29) is 6.10 Å². The number of hydrogen-bond donors (Lipinski definition) is 1. The van der Waals surface area contributed by atoms with Crippen LogP contribution >= 0.6 is 0 Å². The van der Waals surface area contributed by atoms with Crippen LogP contribution in [0, 0.1) is 0 Å². The second-order valence-corrected chi connectivity index (χ2v) is 5.10. The molecule has 1 fully saturated rings. The minimum Gasteiger partial charge on any atom is -0.377 e. The van der Waals surface area contributed by atoms with E-state index in [0.29, 0.717) is 12.6 Å². The van der Waals surface area contributed by atoms with Gasteiger partial charge in [0.2, 0.25) is 0 Å². The molecule has 0 radical (unpaired) electrons. The third kappa shape index (κ3) is 5.34. The van der Waals surface area contributed by atoms with Gasteiger partial charge in [0, 0.05) is 32.3 Å². The van der Waals surface area contributed by atoms with Crippen molar-refractivity contribution in [3.05, 3.63) is 0 Å². The lowest BCUT2D eigenvalue weighted by atomic mass is 10.2. The van der Waals surface area contributed by atoms with E-state index < -0.39 is 0 Å². The summed E-state index contributed by atoms with van der Waals surface area (Å²) in [5.74, 6) is 0. The Hall–Kier alpha value is -0.160. The molecule has 2 atom stereocenters.